The van der Waals surface area contributed by atoms with Crippen molar-refractivity contribution in [1.82, 2.24) is 15.5 Å². The van der Waals surface area contributed by atoms with Gasteiger partial charge in [0.1, 0.15) is 0 Å². The largest absolute Gasteiger partial charge is 0.388 e. The van der Waals surface area contributed by atoms with E-state index in [9.17, 15) is 9.59 Å². The van der Waals surface area contributed by atoms with Crippen LogP contribution in [0.25, 0.3) is 0 Å². The standard InChI is InChI=1S/C14H22N4O2/c1-10-9-11(15-2)5-6-12(10)13(19)16-7-8-17-14(20)18(3)4/h5-6,9,15H,7-8H2,1-4H3,(H,16,19)(H,17,20). The average Bonchev–Trinajstić information content (AvgIpc) is 2.42. The van der Waals surface area contributed by atoms with Gasteiger partial charge in [0.15, 0.2) is 0 Å². The van der Waals surface area contributed by atoms with Crippen molar-refractivity contribution in [3.05, 3.63) is 29.3 Å². The number of carbonyl (C=O) groups excluding carboxylic acids is 2. The van der Waals surface area contributed by atoms with E-state index in [1.807, 2.05) is 26.1 Å². The Morgan fingerprint density at radius 2 is 1.80 bits per heavy atom. The number of anilines is 1. The van der Waals surface area contributed by atoms with Crippen LogP contribution < -0.4 is 16.0 Å². The van der Waals surface area contributed by atoms with Gasteiger partial charge in [-0.25, -0.2) is 4.79 Å². The molecule has 6 heteroatoms. The summed E-state index contributed by atoms with van der Waals surface area (Å²) in [5.74, 6) is -0.135. The molecule has 0 fully saturated rings. The number of carbonyl (C=O) groups is 2. The van der Waals surface area contributed by atoms with Crippen molar-refractivity contribution >= 4 is 17.6 Å². The van der Waals surface area contributed by atoms with Crippen LogP contribution in [0.5, 0.6) is 0 Å². The Bertz CT molecular complexity index is 486. The summed E-state index contributed by atoms with van der Waals surface area (Å²) in [4.78, 5) is 24.7. The van der Waals surface area contributed by atoms with Crippen molar-refractivity contribution < 1.29 is 9.59 Å². The normalized spacial score (nSPS) is 9.80. The van der Waals surface area contributed by atoms with Crippen molar-refractivity contribution in [3.63, 3.8) is 0 Å². The molecule has 0 heterocycles. The van der Waals surface area contributed by atoms with Crippen LogP contribution >= 0.6 is 0 Å². The third-order valence-corrected chi connectivity index (χ3v) is 2.85. The molecular weight excluding hydrogens is 256 g/mol. The first kappa shape index (κ1) is 15.8. The molecule has 0 aliphatic rings. The van der Waals surface area contributed by atoms with Crippen LogP contribution in [0.4, 0.5) is 10.5 Å². The molecule has 3 N–H and O–H groups in total. The van der Waals surface area contributed by atoms with Crippen LogP contribution in [0.3, 0.4) is 0 Å². The van der Waals surface area contributed by atoms with E-state index >= 15 is 0 Å². The number of amides is 3. The lowest BCUT2D eigenvalue weighted by Crippen LogP contribution is -2.39. The Labute approximate surface area is 119 Å². The summed E-state index contributed by atoms with van der Waals surface area (Å²) < 4.78 is 0. The van der Waals surface area contributed by atoms with Crippen molar-refractivity contribution in [2.24, 2.45) is 0 Å². The fraction of sp³-hybridized carbons (Fsp3) is 0.429. The second kappa shape index (κ2) is 7.37. The zero-order chi connectivity index (χ0) is 15.1. The molecule has 0 radical (unpaired) electrons. The van der Waals surface area contributed by atoms with Gasteiger partial charge in [-0.2, -0.15) is 0 Å². The summed E-state index contributed by atoms with van der Waals surface area (Å²) in [6.07, 6.45) is 0. The zero-order valence-electron chi connectivity index (χ0n) is 12.4. The van der Waals surface area contributed by atoms with Crippen molar-refractivity contribution in [2.45, 2.75) is 6.92 Å². The highest BCUT2D eigenvalue weighted by molar-refractivity contribution is 5.96. The molecule has 0 aliphatic heterocycles. The van der Waals surface area contributed by atoms with Gasteiger partial charge in [0.25, 0.3) is 5.91 Å². The lowest BCUT2D eigenvalue weighted by atomic mass is 10.1. The minimum Gasteiger partial charge on any atom is -0.388 e. The summed E-state index contributed by atoms with van der Waals surface area (Å²) in [5, 5.41) is 8.49. The molecule has 3 amide bonds. The number of aryl methyl sites for hydroxylation is 1. The predicted octanol–water partition coefficient (Wildman–Crippen LogP) is 1.04. The molecule has 0 aromatic heterocycles. The van der Waals surface area contributed by atoms with E-state index in [-0.39, 0.29) is 11.9 Å². The molecule has 1 aromatic rings. The van der Waals surface area contributed by atoms with E-state index in [4.69, 9.17) is 0 Å². The van der Waals surface area contributed by atoms with Crippen LogP contribution in [0.15, 0.2) is 18.2 Å². The lowest BCUT2D eigenvalue weighted by molar-refractivity contribution is 0.0953. The Hall–Kier alpha value is -2.24. The number of nitrogens with zero attached hydrogens (tertiary/aromatic N) is 1. The molecule has 6 nitrogen and oxygen atoms in total. The van der Waals surface area contributed by atoms with Crippen LogP contribution in [-0.4, -0.2) is 51.1 Å². The molecule has 0 aliphatic carbocycles. The maximum atomic E-state index is 12.0. The first-order valence-corrected chi connectivity index (χ1v) is 6.47. The highest BCUT2D eigenvalue weighted by Gasteiger charge is 2.09. The first-order chi connectivity index (χ1) is 9.45. The van der Waals surface area contributed by atoms with Crippen LogP contribution in [0.1, 0.15) is 15.9 Å². The highest BCUT2D eigenvalue weighted by Crippen LogP contribution is 2.14. The maximum Gasteiger partial charge on any atom is 0.316 e. The Morgan fingerprint density at radius 1 is 1.15 bits per heavy atom. The molecule has 0 bridgehead atoms. The fourth-order valence-electron chi connectivity index (χ4n) is 1.67. The molecule has 0 saturated carbocycles. The summed E-state index contributed by atoms with van der Waals surface area (Å²) in [6, 6.07) is 5.39. The van der Waals surface area contributed by atoms with Gasteiger partial charge in [-0.3, -0.25) is 4.79 Å². The van der Waals surface area contributed by atoms with Gasteiger partial charge in [0, 0.05) is 45.5 Å². The number of urea groups is 1. The zero-order valence-corrected chi connectivity index (χ0v) is 12.4. The van der Waals surface area contributed by atoms with E-state index in [1.54, 1.807) is 20.2 Å². The molecule has 0 spiro atoms. The fourth-order valence-corrected chi connectivity index (χ4v) is 1.67. The van der Waals surface area contributed by atoms with Gasteiger partial charge in [-0.15, -0.1) is 0 Å². The summed E-state index contributed by atoms with van der Waals surface area (Å²) in [6.45, 7) is 2.69. The number of rotatable bonds is 5. The second-order valence-electron chi connectivity index (χ2n) is 4.66. The molecule has 0 atom stereocenters. The van der Waals surface area contributed by atoms with Crippen molar-refractivity contribution in [2.75, 3.05) is 39.5 Å². The van der Waals surface area contributed by atoms with Crippen molar-refractivity contribution in [1.29, 1.82) is 0 Å². The summed E-state index contributed by atoms with van der Waals surface area (Å²) in [5.41, 5.74) is 2.52. The molecule has 0 unspecified atom stereocenters. The summed E-state index contributed by atoms with van der Waals surface area (Å²) in [7, 11) is 5.17. The minimum absolute atomic E-state index is 0.135. The van der Waals surface area contributed by atoms with E-state index in [2.05, 4.69) is 16.0 Å². The average molecular weight is 278 g/mol. The van der Waals surface area contributed by atoms with Gasteiger partial charge in [-0.1, -0.05) is 0 Å². The van der Waals surface area contributed by atoms with E-state index in [0.717, 1.165) is 11.3 Å². The van der Waals surface area contributed by atoms with Gasteiger partial charge in [0.05, 0.1) is 0 Å². The predicted molar refractivity (Wildman–Crippen MR) is 80.1 cm³/mol. The van der Waals surface area contributed by atoms with Crippen LogP contribution in [-0.2, 0) is 0 Å². The Balaban J connectivity index is 2.45. The van der Waals surface area contributed by atoms with Crippen LogP contribution in [0.2, 0.25) is 0 Å². The minimum atomic E-state index is -0.172. The number of hydrogen-bond donors (Lipinski definition) is 3. The summed E-state index contributed by atoms with van der Waals surface area (Å²) >= 11 is 0. The molecule has 20 heavy (non-hydrogen) atoms. The Kier molecular flexibility index (Phi) is 5.83. The van der Waals surface area contributed by atoms with Gasteiger partial charge in [-0.05, 0) is 30.7 Å². The van der Waals surface area contributed by atoms with Gasteiger partial charge >= 0.3 is 6.03 Å². The topological polar surface area (TPSA) is 73.5 Å². The molecule has 0 saturated heterocycles. The lowest BCUT2D eigenvalue weighted by Gasteiger charge is -2.13. The van der Waals surface area contributed by atoms with Crippen LogP contribution in [0, 0.1) is 6.92 Å². The highest BCUT2D eigenvalue weighted by atomic mass is 16.2. The van der Waals surface area contributed by atoms with Crippen molar-refractivity contribution in [3.8, 4) is 0 Å². The van der Waals surface area contributed by atoms with E-state index in [1.165, 1.54) is 4.90 Å². The third kappa shape index (κ3) is 4.46. The maximum absolute atomic E-state index is 12.0. The van der Waals surface area contributed by atoms with E-state index < -0.39 is 0 Å². The Morgan fingerprint density at radius 3 is 2.35 bits per heavy atom. The smallest absolute Gasteiger partial charge is 0.316 e. The quantitative estimate of drug-likeness (QED) is 0.705. The van der Waals surface area contributed by atoms with Gasteiger partial charge in [0.2, 0.25) is 0 Å². The number of hydrogen-bond acceptors (Lipinski definition) is 3. The van der Waals surface area contributed by atoms with Gasteiger partial charge < -0.3 is 20.9 Å². The first-order valence-electron chi connectivity index (χ1n) is 6.47. The SMILES string of the molecule is CNc1ccc(C(=O)NCCNC(=O)N(C)C)c(C)c1. The monoisotopic (exact) mass is 278 g/mol. The number of nitrogens with one attached hydrogen (secondary N) is 3. The molecule has 1 rings (SSSR count). The molecule has 110 valence electrons. The second-order valence-corrected chi connectivity index (χ2v) is 4.66. The molecule has 1 aromatic carbocycles. The molecular formula is C14H22N4O2. The van der Waals surface area contributed by atoms with E-state index in [0.29, 0.717) is 18.7 Å². The third-order valence-electron chi connectivity index (χ3n) is 2.85. The number of benzene rings is 1.